The van der Waals surface area contributed by atoms with Crippen LogP contribution in [0.5, 0.6) is 0 Å². The minimum absolute atomic E-state index is 0.639. The van der Waals surface area contributed by atoms with Gasteiger partial charge in [-0.25, -0.2) is 0 Å². The minimum atomic E-state index is 0.639. The first-order valence-corrected chi connectivity index (χ1v) is 8.09. The molecular formula is C19H29NO. The molecule has 0 radical (unpaired) electrons. The zero-order chi connectivity index (χ0) is 15.5. The average molecular weight is 287 g/mol. The molecule has 0 spiro atoms. The van der Waals surface area contributed by atoms with E-state index in [4.69, 9.17) is 4.79 Å². The largest absolute Gasteiger partial charge is 0.388 e. The second-order valence-corrected chi connectivity index (χ2v) is 5.75. The Hall–Kier alpha value is -1.57. The molecule has 0 unspecified atom stereocenters. The second-order valence-electron chi connectivity index (χ2n) is 5.75. The third kappa shape index (κ3) is 6.16. The summed E-state index contributed by atoms with van der Waals surface area (Å²) in [5, 5.41) is 3.18. The van der Waals surface area contributed by atoms with E-state index in [0.717, 1.165) is 11.8 Å². The van der Waals surface area contributed by atoms with E-state index >= 15 is 0 Å². The van der Waals surface area contributed by atoms with E-state index in [2.05, 4.69) is 43.1 Å². The number of carbonyl (C=O) groups is 1. The molecule has 2 heteroatoms. The first kappa shape index (κ1) is 17.5. The first-order valence-electron chi connectivity index (χ1n) is 8.09. The Bertz CT molecular complexity index is 396. The number of hydrogen-bond acceptors (Lipinski definition) is 2. The van der Waals surface area contributed by atoms with Crippen molar-refractivity contribution in [2.75, 3.05) is 12.4 Å². The Morgan fingerprint density at radius 3 is 2.19 bits per heavy atom. The molecule has 1 fully saturated rings. The number of benzene rings is 1. The van der Waals surface area contributed by atoms with Crippen LogP contribution in [0.1, 0.15) is 56.9 Å². The van der Waals surface area contributed by atoms with Crippen molar-refractivity contribution >= 4 is 12.0 Å². The second kappa shape index (κ2) is 10.2. The van der Waals surface area contributed by atoms with Crippen LogP contribution in [-0.2, 0) is 4.79 Å². The summed E-state index contributed by atoms with van der Waals surface area (Å²) in [7, 11) is 1.98. The van der Waals surface area contributed by atoms with Crippen molar-refractivity contribution < 1.29 is 4.79 Å². The number of hydrogen-bond donors (Lipinski definition) is 1. The summed E-state index contributed by atoms with van der Waals surface area (Å²) in [6.07, 6.45) is 10.3. The number of aldehydes is 1. The highest BCUT2D eigenvalue weighted by Crippen LogP contribution is 2.37. The van der Waals surface area contributed by atoms with Gasteiger partial charge in [0.2, 0.25) is 0 Å². The van der Waals surface area contributed by atoms with E-state index in [0.29, 0.717) is 6.29 Å². The fraction of sp³-hybridized carbons (Fsp3) is 0.526. The molecule has 0 aromatic heterocycles. The number of anilines is 1. The lowest BCUT2D eigenvalue weighted by molar-refractivity contribution is -0.104. The van der Waals surface area contributed by atoms with Crippen molar-refractivity contribution in [2.45, 2.75) is 51.4 Å². The summed E-state index contributed by atoms with van der Waals surface area (Å²) in [6.45, 7) is 5.42. The maximum Gasteiger partial charge on any atom is 0.142 e. The Morgan fingerprint density at radius 2 is 1.76 bits per heavy atom. The predicted molar refractivity (Wildman–Crippen MR) is 91.9 cm³/mol. The molecule has 0 bridgehead atoms. The van der Waals surface area contributed by atoms with Gasteiger partial charge in [0.25, 0.3) is 0 Å². The Labute approximate surface area is 129 Å². The van der Waals surface area contributed by atoms with Crippen LogP contribution in [0.25, 0.3) is 0 Å². The predicted octanol–water partition coefficient (Wildman–Crippen LogP) is 5.17. The van der Waals surface area contributed by atoms with E-state index in [9.17, 15) is 0 Å². The lowest BCUT2D eigenvalue weighted by Crippen LogP contribution is -2.13. The van der Waals surface area contributed by atoms with Crippen molar-refractivity contribution in [2.24, 2.45) is 5.92 Å². The fourth-order valence-electron chi connectivity index (χ4n) is 3.11. The van der Waals surface area contributed by atoms with Crippen LogP contribution < -0.4 is 5.32 Å². The van der Waals surface area contributed by atoms with Crippen LogP contribution >= 0.6 is 0 Å². The summed E-state index contributed by atoms with van der Waals surface area (Å²) in [5.74, 6) is 1.82. The molecular weight excluding hydrogens is 258 g/mol. The summed E-state index contributed by atoms with van der Waals surface area (Å²) < 4.78 is 0. The quantitative estimate of drug-likeness (QED) is 0.597. The van der Waals surface area contributed by atoms with Gasteiger partial charge in [-0.1, -0.05) is 38.5 Å². The third-order valence-electron chi connectivity index (χ3n) is 4.31. The smallest absolute Gasteiger partial charge is 0.142 e. The van der Waals surface area contributed by atoms with Crippen molar-refractivity contribution in [3.63, 3.8) is 0 Å². The topological polar surface area (TPSA) is 29.1 Å². The Morgan fingerprint density at radius 1 is 1.19 bits per heavy atom. The van der Waals surface area contributed by atoms with Gasteiger partial charge in [0.05, 0.1) is 0 Å². The SMILES string of the molecule is C=CC=O.CCCC1CCC(c2ccc(NC)cc2)CC1. The van der Waals surface area contributed by atoms with Crippen molar-refractivity contribution in [1.82, 2.24) is 0 Å². The molecule has 1 aromatic carbocycles. The maximum absolute atomic E-state index is 9.06. The molecule has 0 saturated heterocycles. The first-order chi connectivity index (χ1) is 10.2. The number of nitrogens with one attached hydrogen (secondary N) is 1. The van der Waals surface area contributed by atoms with Crippen molar-refractivity contribution in [1.29, 1.82) is 0 Å². The minimum Gasteiger partial charge on any atom is -0.388 e. The van der Waals surface area contributed by atoms with Gasteiger partial charge in [-0.15, -0.1) is 0 Å². The molecule has 21 heavy (non-hydrogen) atoms. The highest BCUT2D eigenvalue weighted by Gasteiger charge is 2.21. The molecule has 116 valence electrons. The van der Waals surface area contributed by atoms with Crippen LogP contribution in [0.2, 0.25) is 0 Å². The van der Waals surface area contributed by atoms with Gasteiger partial charge < -0.3 is 5.32 Å². The van der Waals surface area contributed by atoms with Crippen LogP contribution in [0.4, 0.5) is 5.69 Å². The van der Waals surface area contributed by atoms with Crippen LogP contribution in [0, 0.1) is 5.92 Å². The van der Waals surface area contributed by atoms with Crippen molar-refractivity contribution in [3.8, 4) is 0 Å². The molecule has 1 aliphatic carbocycles. The average Bonchev–Trinajstić information content (AvgIpc) is 2.56. The summed E-state index contributed by atoms with van der Waals surface area (Å²) >= 11 is 0. The molecule has 1 saturated carbocycles. The molecule has 0 heterocycles. The van der Waals surface area contributed by atoms with Gasteiger partial charge >= 0.3 is 0 Å². The Kier molecular flexibility index (Phi) is 8.49. The zero-order valence-electron chi connectivity index (χ0n) is 13.5. The van der Waals surface area contributed by atoms with Gasteiger partial charge in [0.15, 0.2) is 0 Å². The maximum atomic E-state index is 9.06. The van der Waals surface area contributed by atoms with Gasteiger partial charge in [0, 0.05) is 12.7 Å². The fourth-order valence-corrected chi connectivity index (χ4v) is 3.11. The van der Waals surface area contributed by atoms with E-state index in [-0.39, 0.29) is 0 Å². The summed E-state index contributed by atoms with van der Waals surface area (Å²) in [4.78, 5) is 9.06. The number of rotatable bonds is 5. The van der Waals surface area contributed by atoms with Gasteiger partial charge in [-0.3, -0.25) is 4.79 Å². The van der Waals surface area contributed by atoms with Crippen molar-refractivity contribution in [3.05, 3.63) is 42.5 Å². The molecule has 1 aromatic rings. The molecule has 0 amide bonds. The lowest BCUT2D eigenvalue weighted by Gasteiger charge is -2.28. The highest BCUT2D eigenvalue weighted by molar-refractivity contribution is 5.63. The standard InChI is InChI=1S/C16H25N.C3H4O/c1-3-4-13-5-7-14(8-6-13)15-9-11-16(17-2)12-10-15;1-2-3-4/h9-14,17H,3-8H2,1-2H3;2-3H,1H2. The Balaban J connectivity index is 0.000000491. The number of carbonyl (C=O) groups excluding carboxylic acids is 1. The van der Waals surface area contributed by atoms with E-state index in [1.165, 1.54) is 50.3 Å². The molecule has 2 nitrogen and oxygen atoms in total. The van der Waals surface area contributed by atoms with Gasteiger partial charge in [0.1, 0.15) is 6.29 Å². The van der Waals surface area contributed by atoms with E-state index < -0.39 is 0 Å². The van der Waals surface area contributed by atoms with E-state index in [1.54, 1.807) is 5.56 Å². The van der Waals surface area contributed by atoms with Crippen LogP contribution in [0.3, 0.4) is 0 Å². The molecule has 0 aliphatic heterocycles. The van der Waals surface area contributed by atoms with Crippen LogP contribution in [0.15, 0.2) is 36.9 Å². The zero-order valence-corrected chi connectivity index (χ0v) is 13.5. The molecule has 1 aliphatic rings. The molecule has 0 atom stereocenters. The molecule has 1 N–H and O–H groups in total. The van der Waals surface area contributed by atoms with Gasteiger partial charge in [-0.2, -0.15) is 0 Å². The third-order valence-corrected chi connectivity index (χ3v) is 4.31. The molecule has 2 rings (SSSR count). The van der Waals surface area contributed by atoms with Crippen LogP contribution in [-0.4, -0.2) is 13.3 Å². The lowest BCUT2D eigenvalue weighted by atomic mass is 9.77. The monoisotopic (exact) mass is 287 g/mol. The van der Waals surface area contributed by atoms with E-state index in [1.807, 2.05) is 7.05 Å². The highest BCUT2D eigenvalue weighted by atomic mass is 16.1. The normalized spacial score (nSPS) is 20.9. The number of allylic oxidation sites excluding steroid dienone is 1. The van der Waals surface area contributed by atoms with Gasteiger partial charge in [-0.05, 0) is 61.3 Å². The summed E-state index contributed by atoms with van der Waals surface area (Å²) in [6, 6.07) is 9.01. The summed E-state index contributed by atoms with van der Waals surface area (Å²) in [5.41, 5.74) is 2.76.